The van der Waals surface area contributed by atoms with E-state index >= 15 is 0 Å². The molecule has 1 fully saturated rings. The van der Waals surface area contributed by atoms with E-state index < -0.39 is 0 Å². The Morgan fingerprint density at radius 1 is 1.24 bits per heavy atom. The van der Waals surface area contributed by atoms with Gasteiger partial charge in [0.1, 0.15) is 5.75 Å². The molecule has 7 heteroatoms. The fourth-order valence-corrected chi connectivity index (χ4v) is 3.83. The molecule has 0 spiro atoms. The van der Waals surface area contributed by atoms with E-state index in [0.29, 0.717) is 15.0 Å². The zero-order chi connectivity index (χ0) is 18.0. The highest BCUT2D eigenvalue weighted by molar-refractivity contribution is 8.05. The van der Waals surface area contributed by atoms with Gasteiger partial charge in [-0.25, -0.2) is 0 Å². The first-order chi connectivity index (χ1) is 12.0. The molecule has 1 amide bonds. The Hall–Kier alpha value is -1.82. The first-order valence-corrected chi connectivity index (χ1v) is 9.15. The molecule has 0 aliphatic carbocycles. The van der Waals surface area contributed by atoms with Crippen LogP contribution in [0.2, 0.25) is 10.0 Å². The van der Waals surface area contributed by atoms with Crippen LogP contribution >= 0.6 is 35.0 Å². The number of hydrogen-bond acceptors (Lipinski definition) is 4. The number of benzene rings is 2. The molecule has 1 aliphatic heterocycles. The molecular weight excluding hydrogens is 379 g/mol. The molecule has 3 rings (SSSR count). The van der Waals surface area contributed by atoms with Gasteiger partial charge in [-0.15, -0.1) is 0 Å². The molecule has 1 saturated heterocycles. The van der Waals surface area contributed by atoms with Crippen LogP contribution < -0.4 is 15.4 Å². The van der Waals surface area contributed by atoms with Gasteiger partial charge in [-0.3, -0.25) is 4.79 Å². The van der Waals surface area contributed by atoms with E-state index in [1.807, 2.05) is 25.1 Å². The average molecular weight is 395 g/mol. The van der Waals surface area contributed by atoms with Gasteiger partial charge in [-0.2, -0.15) is 0 Å². The largest absolute Gasteiger partial charge is 0.495 e. The molecule has 1 atom stereocenters. The highest BCUT2D eigenvalue weighted by atomic mass is 35.5. The standard InChI is InChI=1S/C18H16Cl2N2O2S/c1-10-3-6-15(24-2)14(7-10)21-18-22-17(23)16(25-18)8-11-4-5-12(19)9-13(11)20/h3-9,18,21H,1-2H3,(H,22,23)/b16-8-. The van der Waals surface area contributed by atoms with Gasteiger partial charge in [-0.1, -0.05) is 47.1 Å². The first-order valence-electron chi connectivity index (χ1n) is 7.52. The van der Waals surface area contributed by atoms with E-state index in [9.17, 15) is 4.79 Å². The van der Waals surface area contributed by atoms with Crippen LogP contribution in [0.5, 0.6) is 5.75 Å². The van der Waals surface area contributed by atoms with Crippen LogP contribution in [0.4, 0.5) is 5.69 Å². The molecule has 4 nitrogen and oxygen atoms in total. The molecule has 1 aliphatic rings. The van der Waals surface area contributed by atoms with Gasteiger partial charge < -0.3 is 15.4 Å². The number of carbonyl (C=O) groups is 1. The van der Waals surface area contributed by atoms with Gasteiger partial charge in [-0.05, 0) is 48.4 Å². The van der Waals surface area contributed by atoms with E-state index in [2.05, 4.69) is 10.6 Å². The SMILES string of the molecule is COc1ccc(C)cc1NC1NC(=O)/C(=C/c2ccc(Cl)cc2Cl)S1. The van der Waals surface area contributed by atoms with Gasteiger partial charge in [0.2, 0.25) is 0 Å². The van der Waals surface area contributed by atoms with Crippen molar-refractivity contribution in [1.82, 2.24) is 5.32 Å². The fourth-order valence-electron chi connectivity index (χ4n) is 2.40. The van der Waals surface area contributed by atoms with E-state index in [-0.39, 0.29) is 11.4 Å². The zero-order valence-corrected chi connectivity index (χ0v) is 15.9. The number of rotatable bonds is 4. The summed E-state index contributed by atoms with van der Waals surface area (Å²) in [6.07, 6.45) is 1.76. The topological polar surface area (TPSA) is 50.4 Å². The highest BCUT2D eigenvalue weighted by Crippen LogP contribution is 2.34. The Morgan fingerprint density at radius 3 is 2.76 bits per heavy atom. The number of halogens is 2. The molecule has 0 aromatic heterocycles. The van der Waals surface area contributed by atoms with E-state index in [1.54, 1.807) is 31.4 Å². The van der Waals surface area contributed by atoms with Crippen molar-refractivity contribution in [3.8, 4) is 5.75 Å². The molecule has 0 radical (unpaired) electrons. The summed E-state index contributed by atoms with van der Waals surface area (Å²) in [4.78, 5) is 12.8. The maximum absolute atomic E-state index is 12.2. The summed E-state index contributed by atoms with van der Waals surface area (Å²) in [5, 5.41) is 7.24. The normalized spacial score (nSPS) is 18.3. The molecule has 2 aromatic carbocycles. The number of methoxy groups -OCH3 is 1. The third kappa shape index (κ3) is 4.24. The van der Waals surface area contributed by atoms with Crippen LogP contribution in [0.1, 0.15) is 11.1 Å². The summed E-state index contributed by atoms with van der Waals surface area (Å²) in [6, 6.07) is 11.0. The number of ether oxygens (including phenoxy) is 1. The van der Waals surface area contributed by atoms with Crippen LogP contribution in [0.25, 0.3) is 6.08 Å². The molecule has 0 bridgehead atoms. The Balaban J connectivity index is 1.79. The van der Waals surface area contributed by atoms with Crippen LogP contribution in [-0.2, 0) is 4.79 Å². The Kier molecular flexibility index (Phi) is 5.47. The van der Waals surface area contributed by atoms with Crippen LogP contribution in [-0.4, -0.2) is 18.5 Å². The first kappa shape index (κ1) is 18.0. The van der Waals surface area contributed by atoms with Crippen molar-refractivity contribution in [1.29, 1.82) is 0 Å². The van der Waals surface area contributed by atoms with Gasteiger partial charge in [0.15, 0.2) is 5.50 Å². The van der Waals surface area contributed by atoms with Crippen molar-refractivity contribution < 1.29 is 9.53 Å². The van der Waals surface area contributed by atoms with Crippen molar-refractivity contribution in [2.24, 2.45) is 0 Å². The minimum atomic E-state index is -0.291. The van der Waals surface area contributed by atoms with Crippen molar-refractivity contribution >= 4 is 52.6 Å². The number of aryl methyl sites for hydroxylation is 1. The van der Waals surface area contributed by atoms with Crippen molar-refractivity contribution in [2.45, 2.75) is 12.4 Å². The highest BCUT2D eigenvalue weighted by Gasteiger charge is 2.28. The Labute approximate surface area is 160 Å². The average Bonchev–Trinajstić information content (AvgIpc) is 2.90. The Bertz CT molecular complexity index is 855. The summed E-state index contributed by atoms with van der Waals surface area (Å²) in [5.41, 5.74) is 2.38. The van der Waals surface area contributed by atoms with Crippen LogP contribution in [0, 0.1) is 6.92 Å². The van der Waals surface area contributed by atoms with Gasteiger partial charge in [0.05, 0.1) is 17.7 Å². The molecule has 1 heterocycles. The Morgan fingerprint density at radius 2 is 2.04 bits per heavy atom. The summed E-state index contributed by atoms with van der Waals surface area (Å²) in [6.45, 7) is 2.00. The second-order valence-corrected chi connectivity index (χ2v) is 7.48. The molecule has 2 N–H and O–H groups in total. The van der Waals surface area contributed by atoms with Gasteiger partial charge >= 0.3 is 0 Å². The minimum absolute atomic E-state index is 0.153. The third-order valence-electron chi connectivity index (χ3n) is 3.62. The molecule has 130 valence electrons. The number of thioether (sulfide) groups is 1. The second kappa shape index (κ2) is 7.60. The third-order valence-corrected chi connectivity index (χ3v) is 5.21. The maximum atomic E-state index is 12.2. The van der Waals surface area contributed by atoms with Crippen LogP contribution in [0.3, 0.4) is 0 Å². The molecule has 25 heavy (non-hydrogen) atoms. The second-order valence-electron chi connectivity index (χ2n) is 5.49. The monoisotopic (exact) mass is 394 g/mol. The van der Waals surface area contributed by atoms with E-state index in [0.717, 1.165) is 22.6 Å². The molecular formula is C18H16Cl2N2O2S. The number of nitrogens with one attached hydrogen (secondary N) is 2. The van der Waals surface area contributed by atoms with Crippen molar-refractivity contribution in [3.63, 3.8) is 0 Å². The minimum Gasteiger partial charge on any atom is -0.495 e. The lowest BCUT2D eigenvalue weighted by Crippen LogP contribution is -2.31. The molecule has 2 aromatic rings. The van der Waals surface area contributed by atoms with Crippen LogP contribution in [0.15, 0.2) is 41.3 Å². The van der Waals surface area contributed by atoms with Crippen molar-refractivity contribution in [2.75, 3.05) is 12.4 Å². The van der Waals surface area contributed by atoms with Crippen molar-refractivity contribution in [3.05, 3.63) is 62.5 Å². The number of anilines is 1. The maximum Gasteiger partial charge on any atom is 0.260 e. The lowest BCUT2D eigenvalue weighted by Gasteiger charge is -2.16. The van der Waals surface area contributed by atoms with E-state index in [4.69, 9.17) is 27.9 Å². The summed E-state index contributed by atoms with van der Waals surface area (Å²) in [5.74, 6) is 0.568. The summed E-state index contributed by atoms with van der Waals surface area (Å²) in [7, 11) is 1.62. The van der Waals surface area contributed by atoms with E-state index in [1.165, 1.54) is 11.8 Å². The van der Waals surface area contributed by atoms with Gasteiger partial charge in [0.25, 0.3) is 5.91 Å². The molecule has 0 saturated carbocycles. The smallest absolute Gasteiger partial charge is 0.260 e. The summed E-state index contributed by atoms with van der Waals surface area (Å²) < 4.78 is 5.36. The zero-order valence-electron chi connectivity index (χ0n) is 13.6. The number of carbonyl (C=O) groups excluding carboxylic acids is 1. The summed E-state index contributed by atoms with van der Waals surface area (Å²) >= 11 is 13.5. The van der Waals surface area contributed by atoms with Gasteiger partial charge in [0, 0.05) is 10.0 Å². The quantitative estimate of drug-likeness (QED) is 0.723. The predicted molar refractivity (Wildman–Crippen MR) is 105 cm³/mol. The fraction of sp³-hybridized carbons (Fsp3) is 0.167. The lowest BCUT2D eigenvalue weighted by molar-refractivity contribution is -0.116. The predicted octanol–water partition coefficient (Wildman–Crippen LogP) is 4.91. The lowest BCUT2D eigenvalue weighted by atomic mass is 10.2. The molecule has 1 unspecified atom stereocenters. The number of amides is 1. The number of hydrogen-bond donors (Lipinski definition) is 2.